The summed E-state index contributed by atoms with van der Waals surface area (Å²) in [5.74, 6) is 0. The summed E-state index contributed by atoms with van der Waals surface area (Å²) in [5, 5.41) is 6.88. The molecule has 0 fully saturated rings. The molecule has 0 atom stereocenters. The molecule has 5 nitrogen and oxygen atoms in total. The Morgan fingerprint density at radius 3 is 2.76 bits per heavy atom. The molecule has 3 rings (SSSR count). The van der Waals surface area contributed by atoms with E-state index >= 15 is 0 Å². The van der Waals surface area contributed by atoms with Crippen molar-refractivity contribution in [2.24, 2.45) is 0 Å². The number of aromatic nitrogens is 3. The van der Waals surface area contributed by atoms with Crippen LogP contribution in [0, 0.1) is 0 Å². The Hall–Kier alpha value is -2.21. The first-order chi connectivity index (χ1) is 8.25. The number of aromatic amines is 1. The molecule has 0 radical (unpaired) electrons. The van der Waals surface area contributed by atoms with Gasteiger partial charge < -0.3 is 5.73 Å². The number of nitrogen functional groups attached to an aromatic ring is 1. The zero-order valence-electron chi connectivity index (χ0n) is 8.68. The summed E-state index contributed by atoms with van der Waals surface area (Å²) >= 11 is 1.27. The number of hydrogen-bond acceptors (Lipinski definition) is 5. The molecular formula is C11H8N4OS. The van der Waals surface area contributed by atoms with E-state index < -0.39 is 0 Å². The van der Waals surface area contributed by atoms with E-state index in [1.54, 1.807) is 0 Å². The summed E-state index contributed by atoms with van der Waals surface area (Å²) in [6.45, 7) is 0. The van der Waals surface area contributed by atoms with Crippen LogP contribution in [0.25, 0.3) is 21.5 Å². The SMILES string of the molecule is Nc1nc2c(=O)[nH]nc(-c3ccccc3)c2s1. The first-order valence-corrected chi connectivity index (χ1v) is 5.77. The van der Waals surface area contributed by atoms with Crippen molar-refractivity contribution in [1.82, 2.24) is 15.2 Å². The number of nitrogens with one attached hydrogen (secondary N) is 1. The maximum Gasteiger partial charge on any atom is 0.291 e. The van der Waals surface area contributed by atoms with Gasteiger partial charge in [-0.25, -0.2) is 10.1 Å². The molecule has 0 aliphatic rings. The predicted octanol–water partition coefficient (Wildman–Crippen LogP) is 1.63. The highest BCUT2D eigenvalue weighted by Crippen LogP contribution is 2.29. The fourth-order valence-electron chi connectivity index (χ4n) is 1.65. The van der Waals surface area contributed by atoms with Gasteiger partial charge in [0.2, 0.25) is 0 Å². The van der Waals surface area contributed by atoms with Gasteiger partial charge in [0, 0.05) is 5.56 Å². The second-order valence-electron chi connectivity index (χ2n) is 3.50. The van der Waals surface area contributed by atoms with Crippen LogP contribution >= 0.6 is 11.3 Å². The van der Waals surface area contributed by atoms with E-state index in [-0.39, 0.29) is 5.56 Å². The number of benzene rings is 1. The number of thiazole rings is 1. The molecule has 0 aliphatic heterocycles. The van der Waals surface area contributed by atoms with Crippen molar-refractivity contribution < 1.29 is 0 Å². The third-order valence-corrected chi connectivity index (χ3v) is 3.28. The van der Waals surface area contributed by atoms with E-state index in [1.807, 2.05) is 30.3 Å². The summed E-state index contributed by atoms with van der Waals surface area (Å²) in [4.78, 5) is 15.6. The number of rotatable bonds is 1. The molecule has 0 bridgehead atoms. The minimum absolute atomic E-state index is 0.312. The molecule has 0 spiro atoms. The third-order valence-electron chi connectivity index (χ3n) is 2.39. The Kier molecular flexibility index (Phi) is 2.15. The smallest absolute Gasteiger partial charge is 0.291 e. The van der Waals surface area contributed by atoms with Crippen molar-refractivity contribution in [2.45, 2.75) is 0 Å². The van der Waals surface area contributed by atoms with Crippen LogP contribution in [0.3, 0.4) is 0 Å². The summed E-state index contributed by atoms with van der Waals surface area (Å²) in [5.41, 5.74) is 7.30. The maximum absolute atomic E-state index is 11.5. The topological polar surface area (TPSA) is 84.7 Å². The standard InChI is InChI=1S/C11H8N4OS/c12-11-13-8-9(17-11)7(14-15-10(8)16)6-4-2-1-3-5-6/h1-5H,(H2,12,13)(H,15,16). The Labute approximate surface area is 99.9 Å². The summed E-state index contributed by atoms with van der Waals surface area (Å²) in [6.07, 6.45) is 0. The lowest BCUT2D eigenvalue weighted by Gasteiger charge is -1.99. The minimum atomic E-state index is -0.312. The monoisotopic (exact) mass is 244 g/mol. The van der Waals surface area contributed by atoms with Crippen molar-refractivity contribution in [3.05, 3.63) is 40.7 Å². The van der Waals surface area contributed by atoms with Crippen LogP contribution in [-0.4, -0.2) is 15.2 Å². The van der Waals surface area contributed by atoms with E-state index in [0.29, 0.717) is 16.3 Å². The van der Waals surface area contributed by atoms with E-state index in [2.05, 4.69) is 15.2 Å². The summed E-state index contributed by atoms with van der Waals surface area (Å²) < 4.78 is 0.720. The summed E-state index contributed by atoms with van der Waals surface area (Å²) in [6, 6.07) is 9.61. The Balaban J connectivity index is 2.38. The van der Waals surface area contributed by atoms with Gasteiger partial charge in [-0.3, -0.25) is 4.79 Å². The molecule has 0 saturated heterocycles. The molecule has 17 heavy (non-hydrogen) atoms. The molecule has 84 valence electrons. The highest BCUT2D eigenvalue weighted by molar-refractivity contribution is 7.22. The molecule has 1 aromatic carbocycles. The van der Waals surface area contributed by atoms with Crippen LogP contribution in [0.15, 0.2) is 35.1 Å². The van der Waals surface area contributed by atoms with Crippen LogP contribution < -0.4 is 11.3 Å². The number of anilines is 1. The largest absolute Gasteiger partial charge is 0.375 e. The van der Waals surface area contributed by atoms with Gasteiger partial charge in [0.05, 0.1) is 4.70 Å². The number of nitrogens with two attached hydrogens (primary N) is 1. The van der Waals surface area contributed by atoms with Crippen LogP contribution in [0.4, 0.5) is 5.13 Å². The molecular weight excluding hydrogens is 236 g/mol. The lowest BCUT2D eigenvalue weighted by Crippen LogP contribution is -2.09. The van der Waals surface area contributed by atoms with Gasteiger partial charge >= 0.3 is 0 Å². The normalized spacial score (nSPS) is 10.8. The quantitative estimate of drug-likeness (QED) is 0.681. The molecule has 0 aliphatic carbocycles. The molecule has 3 aromatic rings. The van der Waals surface area contributed by atoms with E-state index in [0.717, 1.165) is 10.3 Å². The van der Waals surface area contributed by atoms with Crippen molar-refractivity contribution in [3.8, 4) is 11.3 Å². The zero-order chi connectivity index (χ0) is 11.8. The number of nitrogens with zero attached hydrogens (tertiary/aromatic N) is 2. The number of fused-ring (bicyclic) bond motifs is 1. The van der Waals surface area contributed by atoms with Crippen molar-refractivity contribution in [3.63, 3.8) is 0 Å². The van der Waals surface area contributed by atoms with Gasteiger partial charge in [0.15, 0.2) is 10.6 Å². The van der Waals surface area contributed by atoms with Crippen LogP contribution in [0.1, 0.15) is 0 Å². The van der Waals surface area contributed by atoms with Gasteiger partial charge in [-0.1, -0.05) is 41.7 Å². The molecule has 0 saturated carbocycles. The third kappa shape index (κ3) is 1.58. The summed E-state index contributed by atoms with van der Waals surface area (Å²) in [7, 11) is 0. The molecule has 0 amide bonds. The molecule has 0 unspecified atom stereocenters. The van der Waals surface area contributed by atoms with Crippen molar-refractivity contribution in [1.29, 1.82) is 0 Å². The zero-order valence-corrected chi connectivity index (χ0v) is 9.49. The van der Waals surface area contributed by atoms with Gasteiger partial charge in [0.1, 0.15) is 5.69 Å². The van der Waals surface area contributed by atoms with Gasteiger partial charge in [-0.05, 0) is 0 Å². The minimum Gasteiger partial charge on any atom is -0.375 e. The highest BCUT2D eigenvalue weighted by atomic mass is 32.1. The van der Waals surface area contributed by atoms with E-state index in [9.17, 15) is 4.79 Å². The fourth-order valence-corrected chi connectivity index (χ4v) is 2.49. The van der Waals surface area contributed by atoms with E-state index in [4.69, 9.17) is 5.73 Å². The van der Waals surface area contributed by atoms with Crippen LogP contribution in [0.2, 0.25) is 0 Å². The Bertz CT molecular complexity index is 732. The maximum atomic E-state index is 11.5. The first-order valence-electron chi connectivity index (χ1n) is 4.96. The van der Waals surface area contributed by atoms with Gasteiger partial charge in [-0.15, -0.1) is 0 Å². The highest BCUT2D eigenvalue weighted by Gasteiger charge is 2.12. The van der Waals surface area contributed by atoms with Crippen LogP contribution in [0.5, 0.6) is 0 Å². The molecule has 2 heterocycles. The first kappa shape index (κ1) is 9.98. The van der Waals surface area contributed by atoms with Gasteiger partial charge in [-0.2, -0.15) is 5.10 Å². The average Bonchev–Trinajstić information content (AvgIpc) is 2.73. The predicted molar refractivity (Wildman–Crippen MR) is 67.9 cm³/mol. The number of H-pyrrole nitrogens is 1. The lowest BCUT2D eigenvalue weighted by atomic mass is 10.1. The number of hydrogen-bond donors (Lipinski definition) is 2. The Morgan fingerprint density at radius 2 is 2.00 bits per heavy atom. The van der Waals surface area contributed by atoms with E-state index in [1.165, 1.54) is 11.3 Å². The van der Waals surface area contributed by atoms with Crippen molar-refractivity contribution >= 4 is 26.7 Å². The molecule has 2 aromatic heterocycles. The molecule has 3 N–H and O–H groups in total. The molecule has 6 heteroatoms. The average molecular weight is 244 g/mol. The van der Waals surface area contributed by atoms with Crippen molar-refractivity contribution in [2.75, 3.05) is 5.73 Å². The van der Waals surface area contributed by atoms with Gasteiger partial charge in [0.25, 0.3) is 5.56 Å². The Morgan fingerprint density at radius 1 is 1.24 bits per heavy atom. The lowest BCUT2D eigenvalue weighted by molar-refractivity contribution is 1.01. The second kappa shape index (κ2) is 3.67. The second-order valence-corrected chi connectivity index (χ2v) is 4.53. The fraction of sp³-hybridized carbons (Fsp3) is 0. The van der Waals surface area contributed by atoms with Crippen LogP contribution in [-0.2, 0) is 0 Å².